The number of aromatic nitrogens is 1. The Labute approximate surface area is 381 Å². The van der Waals surface area contributed by atoms with Crippen LogP contribution in [0.25, 0.3) is 137 Å². The first-order valence-electron chi connectivity index (χ1n) is 22.2. The summed E-state index contributed by atoms with van der Waals surface area (Å²) in [6.07, 6.45) is 1.74. The Bertz CT molecular complexity index is 4200. The molecule has 0 bridgehead atoms. The lowest BCUT2D eigenvalue weighted by molar-refractivity contribution is 1.27. The molecule has 4 heteroatoms. The second kappa shape index (κ2) is 13.6. The van der Waals surface area contributed by atoms with Gasteiger partial charge in [0.2, 0.25) is 0 Å². The van der Waals surface area contributed by atoms with Crippen molar-refractivity contribution in [3.05, 3.63) is 191 Å². The van der Waals surface area contributed by atoms with Crippen molar-refractivity contribution in [1.29, 1.82) is 10.5 Å². The molecule has 0 amide bonds. The summed E-state index contributed by atoms with van der Waals surface area (Å²) >= 11 is 0. The van der Waals surface area contributed by atoms with E-state index < -0.39 is 0 Å². The number of pyridine rings is 1. The van der Waals surface area contributed by atoms with Crippen molar-refractivity contribution in [2.75, 3.05) is 0 Å². The summed E-state index contributed by atoms with van der Waals surface area (Å²) in [5.74, 6) is 0. The van der Waals surface area contributed by atoms with E-state index in [9.17, 15) is 10.5 Å². The highest BCUT2D eigenvalue weighted by atomic mass is 14.7. The maximum Gasteiger partial charge on any atom is 0.187 e. The molecular formula is C62H36N4. The van der Waals surface area contributed by atoms with Gasteiger partial charge in [-0.2, -0.15) is 10.5 Å². The van der Waals surface area contributed by atoms with Gasteiger partial charge in [0.25, 0.3) is 0 Å². The van der Waals surface area contributed by atoms with E-state index in [4.69, 9.17) is 6.57 Å². The van der Waals surface area contributed by atoms with E-state index in [2.05, 4.69) is 153 Å². The van der Waals surface area contributed by atoms with E-state index in [0.29, 0.717) is 16.9 Å². The predicted octanol–water partition coefficient (Wildman–Crippen LogP) is 16.7. The standard InChI is InChI=1S/C62H36N4/c1-32-20-36(30-63)21-33(2)59(32)46-15-17-49-57-29-58-51(38-18-19-66-40(24-38)31-64)26-53-41(54(58)28-56(57)45-11-7-8-42(46)62(45)49)13-12-37-25-52-48-16-14-47(60-34(3)22-39(65-5)23-35(60)4)43-9-6-10-44(61(43)48)55(52)27-50(37)53/h6-29H,1-4H3. The van der Waals surface area contributed by atoms with E-state index in [-0.39, 0.29) is 0 Å². The van der Waals surface area contributed by atoms with Crippen LogP contribution in [0.2, 0.25) is 0 Å². The van der Waals surface area contributed by atoms with Gasteiger partial charge in [0.1, 0.15) is 11.8 Å². The normalized spacial score (nSPS) is 11.9. The Morgan fingerprint density at radius 1 is 0.424 bits per heavy atom. The number of hydrogen-bond donors (Lipinski definition) is 0. The maximum atomic E-state index is 10.0. The number of nitrogens with zero attached hydrogens (tertiary/aromatic N) is 4. The van der Waals surface area contributed by atoms with Gasteiger partial charge in [-0.05, 0) is 225 Å². The first kappa shape index (κ1) is 37.7. The van der Waals surface area contributed by atoms with Crippen LogP contribution in [0.4, 0.5) is 5.69 Å². The van der Waals surface area contributed by atoms with Gasteiger partial charge in [-0.3, -0.25) is 0 Å². The zero-order valence-corrected chi connectivity index (χ0v) is 36.6. The number of fused-ring (bicyclic) bond motifs is 11. The van der Waals surface area contributed by atoms with Crippen LogP contribution in [0.1, 0.15) is 33.5 Å². The summed E-state index contributed by atoms with van der Waals surface area (Å²) in [7, 11) is 0. The first-order valence-corrected chi connectivity index (χ1v) is 22.2. The van der Waals surface area contributed by atoms with Gasteiger partial charge < -0.3 is 0 Å². The number of rotatable bonds is 3. The van der Waals surface area contributed by atoms with Gasteiger partial charge in [-0.15, -0.1) is 0 Å². The minimum atomic E-state index is 0.383. The molecule has 0 aliphatic heterocycles. The minimum absolute atomic E-state index is 0.383. The van der Waals surface area contributed by atoms with Gasteiger partial charge in [0.05, 0.1) is 18.2 Å². The van der Waals surface area contributed by atoms with Gasteiger partial charge in [-0.25, -0.2) is 9.83 Å². The van der Waals surface area contributed by atoms with E-state index in [0.717, 1.165) is 49.5 Å². The monoisotopic (exact) mass is 836 g/mol. The Morgan fingerprint density at radius 3 is 1.53 bits per heavy atom. The average molecular weight is 837 g/mol. The molecule has 0 saturated heterocycles. The molecule has 10 aromatic carbocycles. The molecule has 0 N–H and O–H groups in total. The molecule has 0 atom stereocenters. The molecule has 66 heavy (non-hydrogen) atoms. The molecule has 0 saturated carbocycles. The lowest BCUT2D eigenvalue weighted by Crippen LogP contribution is -1.92. The summed E-state index contributed by atoms with van der Waals surface area (Å²) in [6.45, 7) is 16.1. The lowest BCUT2D eigenvalue weighted by atomic mass is 9.87. The Hall–Kier alpha value is -8.88. The van der Waals surface area contributed by atoms with Gasteiger partial charge in [-0.1, -0.05) is 96.1 Å². The minimum Gasteiger partial charge on any atom is -0.246 e. The lowest BCUT2D eigenvalue weighted by Gasteiger charge is -2.16. The van der Waals surface area contributed by atoms with E-state index >= 15 is 0 Å². The molecular weight excluding hydrogens is 801 g/mol. The molecule has 2 aliphatic rings. The first-order chi connectivity index (χ1) is 32.2. The van der Waals surface area contributed by atoms with Crippen LogP contribution in [0.5, 0.6) is 0 Å². The van der Waals surface area contributed by atoms with Crippen molar-refractivity contribution in [2.45, 2.75) is 27.7 Å². The third-order valence-corrected chi connectivity index (χ3v) is 14.5. The summed E-state index contributed by atoms with van der Waals surface area (Å²) in [5.41, 5.74) is 22.6. The highest BCUT2D eigenvalue weighted by molar-refractivity contribution is 6.28. The summed E-state index contributed by atoms with van der Waals surface area (Å²) in [4.78, 5) is 8.10. The topological polar surface area (TPSA) is 64.8 Å². The third-order valence-electron chi connectivity index (χ3n) is 14.5. The van der Waals surface area contributed by atoms with Crippen LogP contribution < -0.4 is 0 Å². The van der Waals surface area contributed by atoms with Crippen LogP contribution in [0.15, 0.2) is 146 Å². The van der Waals surface area contributed by atoms with Crippen molar-refractivity contribution >= 4 is 59.5 Å². The Balaban J connectivity index is 1.06. The average Bonchev–Trinajstić information content (AvgIpc) is 3.83. The molecule has 2 aliphatic carbocycles. The molecule has 1 aromatic heterocycles. The van der Waals surface area contributed by atoms with Crippen molar-refractivity contribution in [3.8, 4) is 90.0 Å². The van der Waals surface area contributed by atoms with E-state index in [1.807, 2.05) is 36.4 Å². The third kappa shape index (κ3) is 5.09. The number of benzene rings is 10. The molecule has 13 rings (SSSR count). The van der Waals surface area contributed by atoms with Crippen LogP contribution in [0.3, 0.4) is 0 Å². The van der Waals surface area contributed by atoms with E-state index in [1.165, 1.54) is 104 Å². The summed E-state index contributed by atoms with van der Waals surface area (Å²) < 4.78 is 0. The molecule has 1 heterocycles. The van der Waals surface area contributed by atoms with Crippen LogP contribution >= 0.6 is 0 Å². The van der Waals surface area contributed by atoms with Crippen molar-refractivity contribution in [3.63, 3.8) is 0 Å². The van der Waals surface area contributed by atoms with Crippen molar-refractivity contribution in [2.24, 2.45) is 0 Å². The zero-order chi connectivity index (χ0) is 44.7. The highest BCUT2D eigenvalue weighted by Gasteiger charge is 2.28. The second-order valence-corrected chi connectivity index (χ2v) is 18.1. The zero-order valence-electron chi connectivity index (χ0n) is 36.6. The fourth-order valence-electron chi connectivity index (χ4n) is 11.9. The smallest absolute Gasteiger partial charge is 0.187 e. The van der Waals surface area contributed by atoms with Crippen LogP contribution in [-0.2, 0) is 0 Å². The fraction of sp³-hybridized carbons (Fsp3) is 0.0645. The molecule has 11 aromatic rings. The fourth-order valence-corrected chi connectivity index (χ4v) is 11.9. The summed E-state index contributed by atoms with van der Waals surface area (Å²) in [6, 6.07) is 55.5. The second-order valence-electron chi connectivity index (χ2n) is 18.1. The number of aryl methyl sites for hydroxylation is 4. The highest BCUT2D eigenvalue weighted by Crippen LogP contribution is 2.55. The molecule has 0 spiro atoms. The Kier molecular flexibility index (Phi) is 7.74. The largest absolute Gasteiger partial charge is 0.246 e. The molecule has 0 fully saturated rings. The van der Waals surface area contributed by atoms with Crippen LogP contribution in [0, 0.1) is 56.9 Å². The van der Waals surface area contributed by atoms with Crippen molar-refractivity contribution < 1.29 is 0 Å². The van der Waals surface area contributed by atoms with E-state index in [1.54, 1.807) is 6.20 Å². The number of hydrogen-bond acceptors (Lipinski definition) is 3. The van der Waals surface area contributed by atoms with Gasteiger partial charge >= 0.3 is 0 Å². The molecule has 0 unspecified atom stereocenters. The molecule has 4 nitrogen and oxygen atoms in total. The predicted molar refractivity (Wildman–Crippen MR) is 272 cm³/mol. The van der Waals surface area contributed by atoms with Gasteiger partial charge in [0, 0.05) is 6.20 Å². The molecule has 0 radical (unpaired) electrons. The van der Waals surface area contributed by atoms with Crippen molar-refractivity contribution in [1.82, 2.24) is 4.98 Å². The van der Waals surface area contributed by atoms with Gasteiger partial charge in [0.15, 0.2) is 5.69 Å². The maximum absolute atomic E-state index is 10.0. The SMILES string of the molecule is [C-]#[N+]c1cc(C)c(-c2ccc3c4c(cccc24)-c2cc4c(ccc5c6cc7c(cc6c(-c6ccnc(C#N)c6)cc45)-c4ccc(-c5c(C)cc(C#N)cc5C)c5cccc-7c45)cc2-3)c(C)c1. The molecule has 304 valence electrons. The Morgan fingerprint density at radius 2 is 0.939 bits per heavy atom. The number of nitriles is 2. The van der Waals surface area contributed by atoms with Crippen LogP contribution in [-0.4, -0.2) is 4.98 Å². The quantitative estimate of drug-likeness (QED) is 0.132. The summed E-state index contributed by atoms with van der Waals surface area (Å²) in [5, 5.41) is 31.6.